The van der Waals surface area contributed by atoms with E-state index in [9.17, 15) is 9.90 Å². The zero-order chi connectivity index (χ0) is 10.2. The normalized spacial score (nSPS) is 35.4. The minimum absolute atomic E-state index is 0.0568. The molecule has 0 aromatic heterocycles. The van der Waals surface area contributed by atoms with E-state index in [-0.39, 0.29) is 12.7 Å². The van der Waals surface area contributed by atoms with E-state index in [1.165, 1.54) is 6.42 Å². The Labute approximate surface area is 83.6 Å². The quantitative estimate of drug-likeness (QED) is 0.666. The van der Waals surface area contributed by atoms with Crippen molar-refractivity contribution in [2.24, 2.45) is 0 Å². The highest BCUT2D eigenvalue weighted by atomic mass is 16.6. The molecule has 0 radical (unpaired) electrons. The number of rotatable bonds is 1. The fourth-order valence-electron chi connectivity index (χ4n) is 2.62. The molecular formula is C10H17NO3. The molecule has 4 heteroatoms. The molecule has 2 aliphatic rings. The molecule has 14 heavy (non-hydrogen) atoms. The van der Waals surface area contributed by atoms with Crippen molar-refractivity contribution in [1.29, 1.82) is 0 Å². The Hall–Kier alpha value is -0.770. The van der Waals surface area contributed by atoms with E-state index in [0.29, 0.717) is 0 Å². The number of ether oxygens (including phenoxy) is 1. The first kappa shape index (κ1) is 9.77. The predicted molar refractivity (Wildman–Crippen MR) is 50.9 cm³/mol. The first-order valence-corrected chi connectivity index (χ1v) is 5.24. The summed E-state index contributed by atoms with van der Waals surface area (Å²) in [5.74, 6) is 0. The first-order chi connectivity index (χ1) is 6.62. The van der Waals surface area contributed by atoms with E-state index in [4.69, 9.17) is 4.74 Å². The van der Waals surface area contributed by atoms with Crippen LogP contribution >= 0.6 is 0 Å². The highest BCUT2D eigenvalue weighted by Gasteiger charge is 2.57. The fourth-order valence-corrected chi connectivity index (χ4v) is 2.62. The molecule has 1 atom stereocenters. The van der Waals surface area contributed by atoms with Gasteiger partial charge in [0.05, 0.1) is 6.61 Å². The van der Waals surface area contributed by atoms with Gasteiger partial charge in [-0.2, -0.15) is 0 Å². The Morgan fingerprint density at radius 1 is 1.43 bits per heavy atom. The molecule has 4 nitrogen and oxygen atoms in total. The average Bonchev–Trinajstić information content (AvgIpc) is 2.40. The fraction of sp³-hybridized carbons (Fsp3) is 0.900. The van der Waals surface area contributed by atoms with Gasteiger partial charge in [0, 0.05) is 0 Å². The highest BCUT2D eigenvalue weighted by Crippen LogP contribution is 2.43. The number of carbonyl (C=O) groups is 1. The summed E-state index contributed by atoms with van der Waals surface area (Å²) in [4.78, 5) is 11.2. The molecule has 1 saturated carbocycles. The van der Waals surface area contributed by atoms with Crippen LogP contribution in [0.4, 0.5) is 4.79 Å². The number of alkyl carbamates (subject to hydrolysis) is 1. The Kier molecular flexibility index (Phi) is 2.18. The van der Waals surface area contributed by atoms with Crippen LogP contribution in [0, 0.1) is 0 Å². The lowest BCUT2D eigenvalue weighted by molar-refractivity contribution is -0.0426. The van der Waals surface area contributed by atoms with Crippen molar-refractivity contribution in [2.75, 3.05) is 6.61 Å². The third-order valence-electron chi connectivity index (χ3n) is 3.65. The van der Waals surface area contributed by atoms with Crippen molar-refractivity contribution in [1.82, 2.24) is 5.32 Å². The van der Waals surface area contributed by atoms with Gasteiger partial charge in [0.1, 0.15) is 11.1 Å². The van der Waals surface area contributed by atoms with Gasteiger partial charge >= 0.3 is 6.09 Å². The topological polar surface area (TPSA) is 58.6 Å². The van der Waals surface area contributed by atoms with Crippen LogP contribution in [0.2, 0.25) is 0 Å². The average molecular weight is 199 g/mol. The standard InChI is InChI=1S/C10H17NO3/c1-9(7-12)10(14-8(13)11-9)5-3-2-4-6-10/h12H,2-7H2,1H3,(H,11,13). The molecule has 1 spiro atoms. The lowest BCUT2D eigenvalue weighted by Gasteiger charge is -2.41. The number of hydrogen-bond donors (Lipinski definition) is 2. The number of nitrogens with one attached hydrogen (secondary N) is 1. The predicted octanol–water partition coefficient (Wildman–Crippen LogP) is 1.18. The number of carbonyl (C=O) groups excluding carboxylic acids is 1. The van der Waals surface area contributed by atoms with Crippen LogP contribution in [0.3, 0.4) is 0 Å². The second-order valence-corrected chi connectivity index (χ2v) is 4.56. The van der Waals surface area contributed by atoms with E-state index >= 15 is 0 Å². The van der Waals surface area contributed by atoms with Crippen molar-refractivity contribution >= 4 is 6.09 Å². The summed E-state index contributed by atoms with van der Waals surface area (Å²) in [7, 11) is 0. The summed E-state index contributed by atoms with van der Waals surface area (Å²) in [5.41, 5.74) is -1.05. The SMILES string of the molecule is CC1(CO)NC(=O)OC12CCCCC2. The maximum atomic E-state index is 11.2. The lowest BCUT2D eigenvalue weighted by Crippen LogP contribution is -2.58. The molecule has 1 amide bonds. The van der Waals surface area contributed by atoms with Crippen LogP contribution in [0.1, 0.15) is 39.0 Å². The molecule has 0 aromatic carbocycles. The van der Waals surface area contributed by atoms with E-state index in [0.717, 1.165) is 25.7 Å². The number of amides is 1. The first-order valence-electron chi connectivity index (χ1n) is 5.24. The highest BCUT2D eigenvalue weighted by molar-refractivity contribution is 5.72. The minimum atomic E-state index is -0.593. The molecule has 1 aliphatic carbocycles. The van der Waals surface area contributed by atoms with Gasteiger partial charge in [0.25, 0.3) is 0 Å². The van der Waals surface area contributed by atoms with Crippen LogP contribution in [-0.4, -0.2) is 28.9 Å². The van der Waals surface area contributed by atoms with Gasteiger partial charge < -0.3 is 15.2 Å². The summed E-state index contributed by atoms with van der Waals surface area (Å²) < 4.78 is 5.39. The summed E-state index contributed by atoms with van der Waals surface area (Å²) in [6.07, 6.45) is 4.69. The van der Waals surface area contributed by atoms with Crippen molar-refractivity contribution < 1.29 is 14.6 Å². The lowest BCUT2D eigenvalue weighted by atomic mass is 9.72. The van der Waals surface area contributed by atoms with Gasteiger partial charge in [0.2, 0.25) is 0 Å². The number of aliphatic hydroxyl groups is 1. The molecule has 1 saturated heterocycles. The number of hydrogen-bond acceptors (Lipinski definition) is 3. The van der Waals surface area contributed by atoms with Crippen LogP contribution in [0.25, 0.3) is 0 Å². The van der Waals surface area contributed by atoms with Crippen LogP contribution in [0.15, 0.2) is 0 Å². The molecule has 2 rings (SSSR count). The maximum Gasteiger partial charge on any atom is 0.408 e. The summed E-state index contributed by atoms with van der Waals surface area (Å²) in [5, 5.41) is 12.1. The smallest absolute Gasteiger partial charge is 0.408 e. The summed E-state index contributed by atoms with van der Waals surface area (Å²) in [6.45, 7) is 1.81. The van der Waals surface area contributed by atoms with Gasteiger partial charge in [-0.3, -0.25) is 0 Å². The second kappa shape index (κ2) is 3.12. The Morgan fingerprint density at radius 2 is 2.07 bits per heavy atom. The maximum absolute atomic E-state index is 11.2. The zero-order valence-electron chi connectivity index (χ0n) is 8.51. The van der Waals surface area contributed by atoms with E-state index in [1.54, 1.807) is 0 Å². The number of aliphatic hydroxyl groups excluding tert-OH is 1. The van der Waals surface area contributed by atoms with Gasteiger partial charge in [0.15, 0.2) is 0 Å². The Morgan fingerprint density at radius 3 is 2.64 bits per heavy atom. The summed E-state index contributed by atoms with van der Waals surface area (Å²) >= 11 is 0. The third-order valence-corrected chi connectivity index (χ3v) is 3.65. The van der Waals surface area contributed by atoms with E-state index in [2.05, 4.69) is 5.32 Å². The van der Waals surface area contributed by atoms with E-state index in [1.807, 2.05) is 6.92 Å². The monoisotopic (exact) mass is 199 g/mol. The molecule has 2 N–H and O–H groups in total. The van der Waals surface area contributed by atoms with Crippen LogP contribution in [-0.2, 0) is 4.74 Å². The second-order valence-electron chi connectivity index (χ2n) is 4.56. The Balaban J connectivity index is 2.26. The molecule has 0 bridgehead atoms. The van der Waals surface area contributed by atoms with Crippen molar-refractivity contribution in [2.45, 2.75) is 50.2 Å². The zero-order valence-corrected chi connectivity index (χ0v) is 8.51. The summed E-state index contributed by atoms with van der Waals surface area (Å²) in [6, 6.07) is 0. The van der Waals surface area contributed by atoms with Gasteiger partial charge in [-0.15, -0.1) is 0 Å². The molecular weight excluding hydrogens is 182 g/mol. The molecule has 0 aromatic rings. The van der Waals surface area contributed by atoms with Gasteiger partial charge in [-0.25, -0.2) is 4.79 Å². The van der Waals surface area contributed by atoms with Gasteiger partial charge in [-0.05, 0) is 32.6 Å². The van der Waals surface area contributed by atoms with E-state index < -0.39 is 11.1 Å². The van der Waals surface area contributed by atoms with Crippen molar-refractivity contribution in [3.05, 3.63) is 0 Å². The minimum Gasteiger partial charge on any atom is -0.440 e. The molecule has 1 aliphatic heterocycles. The molecule has 80 valence electrons. The van der Waals surface area contributed by atoms with Crippen LogP contribution < -0.4 is 5.32 Å². The third kappa shape index (κ3) is 1.21. The van der Waals surface area contributed by atoms with Crippen LogP contribution in [0.5, 0.6) is 0 Å². The molecule has 2 fully saturated rings. The largest absolute Gasteiger partial charge is 0.440 e. The molecule has 1 unspecified atom stereocenters. The Bertz CT molecular complexity index is 248. The van der Waals surface area contributed by atoms with Gasteiger partial charge in [-0.1, -0.05) is 6.42 Å². The van der Waals surface area contributed by atoms with Crippen molar-refractivity contribution in [3.63, 3.8) is 0 Å². The molecule has 1 heterocycles. The van der Waals surface area contributed by atoms with Crippen molar-refractivity contribution in [3.8, 4) is 0 Å².